The maximum Gasteiger partial charge on any atom is 0.449 e. The lowest BCUT2D eigenvalue weighted by atomic mass is 9.63. The van der Waals surface area contributed by atoms with Gasteiger partial charge in [0.2, 0.25) is 11.2 Å². The molecule has 0 aromatic rings. The molecule has 1 N–H and O–H groups in total. The summed E-state index contributed by atoms with van der Waals surface area (Å²) >= 11 is 0. The number of hydrogen-bond acceptors (Lipinski definition) is 4. The smallest absolute Gasteiger partial charge is 0.442 e. The Morgan fingerprint density at radius 3 is 1.75 bits per heavy atom. The van der Waals surface area contributed by atoms with E-state index in [0.717, 1.165) is 0 Å². The highest BCUT2D eigenvalue weighted by Crippen LogP contribution is 2.69. The van der Waals surface area contributed by atoms with Crippen molar-refractivity contribution in [3.63, 3.8) is 0 Å². The number of carbonyl (C=O) groups is 1. The van der Waals surface area contributed by atoms with E-state index in [4.69, 9.17) is 0 Å². The van der Waals surface area contributed by atoms with Crippen LogP contribution in [0.2, 0.25) is 0 Å². The highest BCUT2D eigenvalue weighted by atomic mass is 19.4. The van der Waals surface area contributed by atoms with Gasteiger partial charge in [0.1, 0.15) is 5.57 Å². The van der Waals surface area contributed by atoms with Crippen molar-refractivity contribution in [2.24, 2.45) is 5.92 Å². The lowest BCUT2D eigenvalue weighted by Crippen LogP contribution is -2.89. The monoisotopic (exact) mass is 558 g/mol. The minimum absolute atomic E-state index is 0.120. The summed E-state index contributed by atoms with van der Waals surface area (Å²) < 4.78 is 192. The van der Waals surface area contributed by atoms with Gasteiger partial charge in [-0.05, 0) is 19.3 Å². The Hall–Kier alpha value is -1.78. The first-order chi connectivity index (χ1) is 15.9. The number of rotatable bonds is 4. The van der Waals surface area contributed by atoms with Crippen molar-refractivity contribution < 1.29 is 76.5 Å². The molecule has 0 bridgehead atoms. The summed E-state index contributed by atoms with van der Waals surface area (Å²) in [5, 5.41) is 9.91. The summed E-state index contributed by atoms with van der Waals surface area (Å²) in [6.07, 6.45) is -24.1. The lowest BCUT2D eigenvalue weighted by Gasteiger charge is -2.62. The summed E-state index contributed by atoms with van der Waals surface area (Å²) in [5.41, 5.74) is -14.0. The SMILES string of the molecule is C=C(C(=O)OC1(CC)C(F)(F)C(O)(C(F)(F)F)OC(C2CCCCC2)(C(F)(F)F)C1(F)F)C(F)(F)F. The number of hydrogen-bond donors (Lipinski definition) is 1. The fraction of sp³-hybridized carbons (Fsp3) is 0.842. The first-order valence-electron chi connectivity index (χ1n) is 10.2. The van der Waals surface area contributed by atoms with E-state index in [1.165, 1.54) is 0 Å². The van der Waals surface area contributed by atoms with Crippen molar-refractivity contribution in [1.29, 1.82) is 0 Å². The molecule has 0 radical (unpaired) electrons. The highest BCUT2D eigenvalue weighted by molar-refractivity contribution is 5.89. The van der Waals surface area contributed by atoms with Crippen LogP contribution in [0.1, 0.15) is 45.4 Å². The van der Waals surface area contributed by atoms with Gasteiger partial charge in [-0.3, -0.25) is 0 Å². The standard InChI is InChI=1S/C19H19F13O4/c1-3-12(35-11(33)9(2)14(20,21)22)15(23,24)13(18(27,28)29,10-7-5-4-6-8-10)36-17(34,16(12,25)26)19(30,31)32/h10,34H,2-8H2,1H3. The molecule has 3 atom stereocenters. The molecule has 36 heavy (non-hydrogen) atoms. The molecule has 2 fully saturated rings. The molecule has 2 aliphatic rings. The molecule has 1 heterocycles. The molecule has 210 valence electrons. The van der Waals surface area contributed by atoms with E-state index in [1.807, 2.05) is 0 Å². The predicted octanol–water partition coefficient (Wildman–Crippen LogP) is 6.23. The van der Waals surface area contributed by atoms with Crippen molar-refractivity contribution in [3.8, 4) is 0 Å². The number of carbonyl (C=O) groups excluding carboxylic acids is 1. The van der Waals surface area contributed by atoms with Crippen LogP contribution in [0.25, 0.3) is 0 Å². The molecular formula is C19H19F13O4. The van der Waals surface area contributed by atoms with Crippen LogP contribution in [-0.4, -0.2) is 58.4 Å². The summed E-state index contributed by atoms with van der Waals surface area (Å²) in [4.78, 5) is 11.9. The maximum absolute atomic E-state index is 15.9. The van der Waals surface area contributed by atoms with E-state index < -0.39 is 84.1 Å². The largest absolute Gasteiger partial charge is 0.449 e. The molecule has 0 aromatic carbocycles. The van der Waals surface area contributed by atoms with E-state index in [-0.39, 0.29) is 26.2 Å². The van der Waals surface area contributed by atoms with Crippen LogP contribution >= 0.6 is 0 Å². The summed E-state index contributed by atoms with van der Waals surface area (Å²) in [6.45, 7) is 2.21. The number of ether oxygens (including phenoxy) is 2. The van der Waals surface area contributed by atoms with Gasteiger partial charge < -0.3 is 14.6 Å². The van der Waals surface area contributed by atoms with Crippen LogP contribution < -0.4 is 0 Å². The van der Waals surface area contributed by atoms with Gasteiger partial charge in [0.25, 0.3) is 0 Å². The molecule has 4 nitrogen and oxygen atoms in total. The Bertz CT molecular complexity index is 872. The average molecular weight is 558 g/mol. The third-order valence-corrected chi connectivity index (χ3v) is 6.55. The van der Waals surface area contributed by atoms with Gasteiger partial charge in [0, 0.05) is 5.92 Å². The average Bonchev–Trinajstić information content (AvgIpc) is 2.71. The normalized spacial score (nSPS) is 33.8. The van der Waals surface area contributed by atoms with Crippen LogP contribution in [0.4, 0.5) is 57.1 Å². The second-order valence-electron chi connectivity index (χ2n) is 8.51. The van der Waals surface area contributed by atoms with Gasteiger partial charge in [-0.1, -0.05) is 32.8 Å². The van der Waals surface area contributed by atoms with Gasteiger partial charge in [-0.2, -0.15) is 57.1 Å². The summed E-state index contributed by atoms with van der Waals surface area (Å²) in [7, 11) is 0. The second kappa shape index (κ2) is 8.63. The van der Waals surface area contributed by atoms with Crippen molar-refractivity contribution in [1.82, 2.24) is 0 Å². The Balaban J connectivity index is 3.01. The molecule has 0 aromatic heterocycles. The van der Waals surface area contributed by atoms with Gasteiger partial charge in [-0.15, -0.1) is 0 Å². The van der Waals surface area contributed by atoms with Gasteiger partial charge >= 0.3 is 42.1 Å². The van der Waals surface area contributed by atoms with Crippen molar-refractivity contribution in [2.45, 2.75) is 92.8 Å². The first kappa shape index (κ1) is 30.4. The quantitative estimate of drug-likeness (QED) is 0.253. The van der Waals surface area contributed by atoms with E-state index >= 15 is 17.6 Å². The molecule has 1 saturated heterocycles. The molecule has 1 aliphatic heterocycles. The summed E-state index contributed by atoms with van der Waals surface area (Å²) in [6, 6.07) is 0. The maximum atomic E-state index is 15.9. The Kier molecular flexibility index (Phi) is 7.30. The molecule has 1 aliphatic carbocycles. The topological polar surface area (TPSA) is 55.8 Å². The second-order valence-corrected chi connectivity index (χ2v) is 8.51. The Morgan fingerprint density at radius 1 is 0.917 bits per heavy atom. The molecular weight excluding hydrogens is 539 g/mol. The summed E-state index contributed by atoms with van der Waals surface area (Å²) in [5.74, 6) is -25.3. The van der Waals surface area contributed by atoms with Crippen molar-refractivity contribution >= 4 is 5.97 Å². The van der Waals surface area contributed by atoms with Crippen LogP contribution in [0.3, 0.4) is 0 Å². The minimum Gasteiger partial charge on any atom is -0.442 e. The van der Waals surface area contributed by atoms with Crippen molar-refractivity contribution in [3.05, 3.63) is 12.2 Å². The molecule has 1 saturated carbocycles. The van der Waals surface area contributed by atoms with Gasteiger partial charge in [-0.25, -0.2) is 4.79 Å². The number of aliphatic hydroxyl groups is 1. The van der Waals surface area contributed by atoms with Crippen molar-refractivity contribution in [2.75, 3.05) is 0 Å². The zero-order valence-corrected chi connectivity index (χ0v) is 18.1. The Labute approximate surface area is 194 Å². The highest BCUT2D eigenvalue weighted by Gasteiger charge is 2.97. The number of alkyl halides is 13. The van der Waals surface area contributed by atoms with Crippen LogP contribution in [0, 0.1) is 5.92 Å². The fourth-order valence-corrected chi connectivity index (χ4v) is 4.66. The van der Waals surface area contributed by atoms with Gasteiger partial charge in [0.15, 0.2) is 0 Å². The molecule has 17 heteroatoms. The van der Waals surface area contributed by atoms with E-state index in [9.17, 15) is 49.4 Å². The lowest BCUT2D eigenvalue weighted by molar-refractivity contribution is -0.565. The van der Waals surface area contributed by atoms with E-state index in [0.29, 0.717) is 0 Å². The molecule has 3 unspecified atom stereocenters. The van der Waals surface area contributed by atoms with Crippen LogP contribution in [0.15, 0.2) is 12.2 Å². The van der Waals surface area contributed by atoms with Gasteiger partial charge in [0.05, 0.1) is 0 Å². The third-order valence-electron chi connectivity index (χ3n) is 6.55. The third kappa shape index (κ3) is 3.86. The predicted molar refractivity (Wildman–Crippen MR) is 91.7 cm³/mol. The minimum atomic E-state index is -6.94. The molecule has 0 spiro atoms. The van der Waals surface area contributed by atoms with E-state index in [2.05, 4.69) is 16.1 Å². The van der Waals surface area contributed by atoms with Crippen LogP contribution in [-0.2, 0) is 14.3 Å². The first-order valence-corrected chi connectivity index (χ1v) is 10.2. The van der Waals surface area contributed by atoms with E-state index in [1.54, 1.807) is 0 Å². The number of halogens is 13. The molecule has 2 rings (SSSR count). The Morgan fingerprint density at radius 2 is 1.39 bits per heavy atom. The number of esters is 1. The molecule has 0 amide bonds. The fourth-order valence-electron chi connectivity index (χ4n) is 4.66. The zero-order chi connectivity index (χ0) is 28.4. The zero-order valence-electron chi connectivity index (χ0n) is 18.1. The van der Waals surface area contributed by atoms with Crippen LogP contribution in [0.5, 0.6) is 0 Å².